The number of benzene rings is 1. The summed E-state index contributed by atoms with van der Waals surface area (Å²) in [7, 11) is 2.81. The Bertz CT molecular complexity index is 684. The summed E-state index contributed by atoms with van der Waals surface area (Å²) in [5.41, 5.74) is 1.11. The highest BCUT2D eigenvalue weighted by Crippen LogP contribution is 2.23. The number of aromatic nitrogens is 1. The van der Waals surface area contributed by atoms with Gasteiger partial charge in [0.15, 0.2) is 6.29 Å². The molecule has 0 fully saturated rings. The normalized spacial score (nSPS) is 9.91. The molecule has 0 radical (unpaired) electrons. The smallest absolute Gasteiger partial charge is 0.339 e. The van der Waals surface area contributed by atoms with Crippen molar-refractivity contribution >= 4 is 12.3 Å². The van der Waals surface area contributed by atoms with Gasteiger partial charge < -0.3 is 14.2 Å². The van der Waals surface area contributed by atoms with Gasteiger partial charge in [-0.1, -0.05) is 0 Å². The van der Waals surface area contributed by atoms with E-state index in [1.54, 1.807) is 36.5 Å². The second-order valence-corrected chi connectivity index (χ2v) is 4.30. The SMILES string of the molecule is COC(=O)c1cccnc1COc1ccc(OC)cc1C=O. The molecule has 22 heavy (non-hydrogen) atoms. The Morgan fingerprint density at radius 1 is 1.27 bits per heavy atom. The number of pyridine rings is 1. The minimum atomic E-state index is -0.489. The van der Waals surface area contributed by atoms with Gasteiger partial charge in [0.25, 0.3) is 0 Å². The fraction of sp³-hybridized carbons (Fsp3) is 0.188. The molecule has 1 aromatic carbocycles. The molecule has 0 aliphatic rings. The van der Waals surface area contributed by atoms with Crippen LogP contribution in [-0.4, -0.2) is 31.5 Å². The summed E-state index contributed by atoms with van der Waals surface area (Å²) in [6.07, 6.45) is 2.23. The van der Waals surface area contributed by atoms with E-state index in [2.05, 4.69) is 4.98 Å². The van der Waals surface area contributed by atoms with Gasteiger partial charge in [0.2, 0.25) is 0 Å². The van der Waals surface area contributed by atoms with Crippen LogP contribution < -0.4 is 9.47 Å². The van der Waals surface area contributed by atoms with Crippen LogP contribution in [0.4, 0.5) is 0 Å². The van der Waals surface area contributed by atoms with Crippen molar-refractivity contribution in [1.82, 2.24) is 4.98 Å². The van der Waals surface area contributed by atoms with Gasteiger partial charge in [-0.2, -0.15) is 0 Å². The second-order valence-electron chi connectivity index (χ2n) is 4.30. The predicted octanol–water partition coefficient (Wildman–Crippen LogP) is 2.27. The lowest BCUT2D eigenvalue weighted by molar-refractivity contribution is 0.0596. The van der Waals surface area contributed by atoms with Crippen molar-refractivity contribution in [3.63, 3.8) is 0 Å². The van der Waals surface area contributed by atoms with Crippen molar-refractivity contribution in [2.75, 3.05) is 14.2 Å². The van der Waals surface area contributed by atoms with E-state index in [1.807, 2.05) is 0 Å². The fourth-order valence-electron chi connectivity index (χ4n) is 1.87. The minimum absolute atomic E-state index is 0.0401. The number of rotatable bonds is 6. The van der Waals surface area contributed by atoms with Gasteiger partial charge in [-0.3, -0.25) is 9.78 Å². The van der Waals surface area contributed by atoms with E-state index >= 15 is 0 Å². The Hall–Kier alpha value is -2.89. The molecule has 6 heteroatoms. The Morgan fingerprint density at radius 3 is 2.77 bits per heavy atom. The molecule has 0 N–H and O–H groups in total. The zero-order valence-electron chi connectivity index (χ0n) is 12.2. The standard InChI is InChI=1S/C16H15NO5/c1-20-12-5-6-15(11(8-12)9-18)22-10-14-13(16(19)21-2)4-3-7-17-14/h3-9H,10H2,1-2H3. The maximum Gasteiger partial charge on any atom is 0.339 e. The highest BCUT2D eigenvalue weighted by Gasteiger charge is 2.13. The molecule has 1 heterocycles. The highest BCUT2D eigenvalue weighted by molar-refractivity contribution is 5.90. The van der Waals surface area contributed by atoms with Gasteiger partial charge in [-0.15, -0.1) is 0 Å². The van der Waals surface area contributed by atoms with Crippen LogP contribution in [0.2, 0.25) is 0 Å². The number of aldehydes is 1. The van der Waals surface area contributed by atoms with Crippen molar-refractivity contribution in [3.05, 3.63) is 53.3 Å². The number of hydrogen-bond acceptors (Lipinski definition) is 6. The van der Waals surface area contributed by atoms with Crippen LogP contribution in [0.1, 0.15) is 26.4 Å². The van der Waals surface area contributed by atoms with E-state index < -0.39 is 5.97 Å². The molecule has 0 saturated heterocycles. The molecule has 0 saturated carbocycles. The summed E-state index contributed by atoms with van der Waals surface area (Å²) in [5.74, 6) is 0.455. The van der Waals surface area contributed by atoms with Gasteiger partial charge in [-0.05, 0) is 30.3 Å². The summed E-state index contributed by atoms with van der Waals surface area (Å²) in [6, 6.07) is 8.12. The lowest BCUT2D eigenvalue weighted by Crippen LogP contribution is -2.10. The van der Waals surface area contributed by atoms with Gasteiger partial charge in [-0.25, -0.2) is 4.79 Å². The topological polar surface area (TPSA) is 74.7 Å². The molecule has 0 aliphatic heterocycles. The molecule has 6 nitrogen and oxygen atoms in total. The number of carbonyl (C=O) groups excluding carboxylic acids is 2. The average molecular weight is 301 g/mol. The number of ether oxygens (including phenoxy) is 3. The number of nitrogens with zero attached hydrogens (tertiary/aromatic N) is 1. The summed E-state index contributed by atoms with van der Waals surface area (Å²) in [6.45, 7) is 0.0401. The number of esters is 1. The Labute approximate surface area is 127 Å². The monoisotopic (exact) mass is 301 g/mol. The Balaban J connectivity index is 2.20. The molecule has 0 spiro atoms. The summed E-state index contributed by atoms with van der Waals surface area (Å²) >= 11 is 0. The Morgan fingerprint density at radius 2 is 2.09 bits per heavy atom. The molecule has 1 aromatic heterocycles. The molecule has 0 unspecified atom stereocenters. The van der Waals surface area contributed by atoms with E-state index in [0.717, 1.165) is 0 Å². The molecule has 2 rings (SSSR count). The first-order chi connectivity index (χ1) is 10.7. The van der Waals surface area contributed by atoms with E-state index in [-0.39, 0.29) is 6.61 Å². The third kappa shape index (κ3) is 3.41. The first-order valence-electron chi connectivity index (χ1n) is 6.47. The zero-order chi connectivity index (χ0) is 15.9. The van der Waals surface area contributed by atoms with Crippen LogP contribution in [0, 0.1) is 0 Å². The zero-order valence-corrected chi connectivity index (χ0v) is 12.2. The third-order valence-electron chi connectivity index (χ3n) is 3.00. The number of hydrogen-bond donors (Lipinski definition) is 0. The van der Waals surface area contributed by atoms with E-state index in [4.69, 9.17) is 14.2 Å². The van der Waals surface area contributed by atoms with Crippen molar-refractivity contribution in [1.29, 1.82) is 0 Å². The summed E-state index contributed by atoms with van der Waals surface area (Å²) < 4.78 is 15.3. The first kappa shape index (κ1) is 15.5. The van der Waals surface area contributed by atoms with Crippen molar-refractivity contribution in [3.8, 4) is 11.5 Å². The summed E-state index contributed by atoms with van der Waals surface area (Å²) in [5, 5.41) is 0. The molecule has 0 amide bonds. The van der Waals surface area contributed by atoms with Crippen LogP contribution in [0.3, 0.4) is 0 Å². The van der Waals surface area contributed by atoms with E-state index in [1.165, 1.54) is 14.2 Å². The number of carbonyl (C=O) groups is 2. The average Bonchev–Trinajstić information content (AvgIpc) is 2.59. The van der Waals surface area contributed by atoms with E-state index in [9.17, 15) is 9.59 Å². The van der Waals surface area contributed by atoms with Crippen LogP contribution >= 0.6 is 0 Å². The molecule has 2 aromatic rings. The molecular formula is C16H15NO5. The van der Waals surface area contributed by atoms with Crippen molar-refractivity contribution in [2.45, 2.75) is 6.61 Å². The quantitative estimate of drug-likeness (QED) is 0.602. The molecule has 0 atom stereocenters. The van der Waals surface area contributed by atoms with Crippen molar-refractivity contribution < 1.29 is 23.8 Å². The predicted molar refractivity (Wildman–Crippen MR) is 78.3 cm³/mol. The molecular weight excluding hydrogens is 286 g/mol. The van der Waals surface area contributed by atoms with Gasteiger partial charge in [0.1, 0.15) is 18.1 Å². The van der Waals surface area contributed by atoms with Gasteiger partial charge >= 0.3 is 5.97 Å². The molecule has 0 aliphatic carbocycles. The van der Waals surface area contributed by atoms with Crippen molar-refractivity contribution in [2.24, 2.45) is 0 Å². The van der Waals surface area contributed by atoms with Crippen LogP contribution in [0.5, 0.6) is 11.5 Å². The third-order valence-corrected chi connectivity index (χ3v) is 3.00. The molecule has 0 bridgehead atoms. The lowest BCUT2D eigenvalue weighted by atomic mass is 10.2. The first-order valence-corrected chi connectivity index (χ1v) is 6.47. The van der Waals surface area contributed by atoms with Gasteiger partial charge in [0, 0.05) is 6.20 Å². The molecule has 114 valence electrons. The van der Waals surface area contributed by atoms with Crippen LogP contribution in [-0.2, 0) is 11.3 Å². The number of methoxy groups -OCH3 is 2. The van der Waals surface area contributed by atoms with Crippen LogP contribution in [0.15, 0.2) is 36.5 Å². The van der Waals surface area contributed by atoms with Gasteiger partial charge in [0.05, 0.1) is 31.0 Å². The minimum Gasteiger partial charge on any atom is -0.497 e. The maximum absolute atomic E-state index is 11.7. The van der Waals surface area contributed by atoms with E-state index in [0.29, 0.717) is 34.6 Å². The summed E-state index contributed by atoms with van der Waals surface area (Å²) in [4.78, 5) is 26.9. The highest BCUT2D eigenvalue weighted by atomic mass is 16.5. The second kappa shape index (κ2) is 7.21. The Kier molecular flexibility index (Phi) is 5.08. The fourth-order valence-corrected chi connectivity index (χ4v) is 1.87. The maximum atomic E-state index is 11.7. The lowest BCUT2D eigenvalue weighted by Gasteiger charge is -2.11. The van der Waals surface area contributed by atoms with Crippen LogP contribution in [0.25, 0.3) is 0 Å². The largest absolute Gasteiger partial charge is 0.497 e.